The van der Waals surface area contributed by atoms with Gasteiger partial charge in [-0.1, -0.05) is 0 Å². The van der Waals surface area contributed by atoms with Gasteiger partial charge in [-0.2, -0.15) is 0 Å². The van der Waals surface area contributed by atoms with Gasteiger partial charge in [-0.15, -0.1) is 0 Å². The summed E-state index contributed by atoms with van der Waals surface area (Å²) >= 11 is 0. The summed E-state index contributed by atoms with van der Waals surface area (Å²) in [6.45, 7) is 4.06. The molecule has 3 N–H and O–H groups in total. The fraction of sp³-hybridized carbons (Fsp3) is 0.440. The molecule has 2 atom stereocenters. The van der Waals surface area contributed by atoms with E-state index in [1.165, 1.54) is 23.6 Å². The molecule has 2 aromatic heterocycles. The minimum atomic E-state index is -0.797. The summed E-state index contributed by atoms with van der Waals surface area (Å²) in [7, 11) is 1.79. The molecule has 3 aromatic rings. The van der Waals surface area contributed by atoms with Gasteiger partial charge in [-0.25, -0.2) is 23.4 Å². The Kier molecular flexibility index (Phi) is 6.46. The number of carbonyl (C=O) groups excluding carboxylic acids is 1. The van der Waals surface area contributed by atoms with Gasteiger partial charge < -0.3 is 15.1 Å². The summed E-state index contributed by atoms with van der Waals surface area (Å²) in [4.78, 5) is 25.3. The summed E-state index contributed by atoms with van der Waals surface area (Å²) in [5.41, 5.74) is 4.41. The van der Waals surface area contributed by atoms with Gasteiger partial charge in [0.2, 0.25) is 5.62 Å². The smallest absolute Gasteiger partial charge is 0.272 e. The number of pyridine rings is 1. The van der Waals surface area contributed by atoms with Gasteiger partial charge in [0.1, 0.15) is 29.0 Å². The highest BCUT2D eigenvalue weighted by Crippen LogP contribution is 2.27. The third-order valence-electron chi connectivity index (χ3n) is 7.07. The van der Waals surface area contributed by atoms with Crippen molar-refractivity contribution in [3.8, 4) is 0 Å². The average molecular weight is 497 g/mol. The summed E-state index contributed by atoms with van der Waals surface area (Å²) in [5, 5.41) is 11.6. The number of carbonyl (C=O) groups is 1. The number of nitrogens with one attached hydrogen (secondary N) is 3. The van der Waals surface area contributed by atoms with Crippen LogP contribution in [0.3, 0.4) is 0 Å². The maximum Gasteiger partial charge on any atom is 0.272 e. The Hall–Kier alpha value is -3.76. The summed E-state index contributed by atoms with van der Waals surface area (Å²) < 4.78 is 29.4. The van der Waals surface area contributed by atoms with Crippen LogP contribution in [0.1, 0.15) is 49.5 Å². The van der Waals surface area contributed by atoms with Gasteiger partial charge in [0.05, 0.1) is 11.9 Å². The van der Waals surface area contributed by atoms with Crippen LogP contribution in [0.25, 0.3) is 10.9 Å². The van der Waals surface area contributed by atoms with E-state index in [1.54, 1.807) is 24.2 Å². The Bertz CT molecular complexity index is 1340. The number of hydrogen-bond donors (Lipinski definition) is 3. The van der Waals surface area contributed by atoms with Gasteiger partial charge in [0, 0.05) is 37.6 Å². The first-order valence-corrected chi connectivity index (χ1v) is 12.3. The molecule has 1 unspecified atom stereocenters. The van der Waals surface area contributed by atoms with Crippen LogP contribution in [-0.4, -0.2) is 57.8 Å². The quantitative estimate of drug-likeness (QED) is 0.463. The van der Waals surface area contributed by atoms with Gasteiger partial charge in [-0.3, -0.25) is 15.6 Å². The van der Waals surface area contributed by atoms with Crippen molar-refractivity contribution in [2.24, 2.45) is 0 Å². The van der Waals surface area contributed by atoms with Gasteiger partial charge in [-0.05, 0) is 57.2 Å². The molecule has 11 heteroatoms. The lowest BCUT2D eigenvalue weighted by molar-refractivity contribution is 0.0729. The Labute approximate surface area is 207 Å². The Balaban J connectivity index is 1.17. The first-order chi connectivity index (χ1) is 17.3. The predicted molar refractivity (Wildman–Crippen MR) is 133 cm³/mol. The van der Waals surface area contributed by atoms with Crippen molar-refractivity contribution in [3.63, 3.8) is 0 Å². The van der Waals surface area contributed by atoms with E-state index in [0.717, 1.165) is 37.7 Å². The van der Waals surface area contributed by atoms with Crippen LogP contribution in [0.4, 0.5) is 20.3 Å². The number of benzene rings is 1. The molecule has 36 heavy (non-hydrogen) atoms. The number of fused-ring (bicyclic) bond motifs is 3. The molecule has 2 aliphatic rings. The van der Waals surface area contributed by atoms with Gasteiger partial charge in [0.15, 0.2) is 5.82 Å². The largest absolute Gasteiger partial charge is 0.370 e. The first-order valence-electron chi connectivity index (χ1n) is 12.3. The normalized spacial score (nSPS) is 17.6. The average Bonchev–Trinajstić information content (AvgIpc) is 3.55. The number of anilines is 2. The lowest BCUT2D eigenvalue weighted by Gasteiger charge is -2.25. The van der Waals surface area contributed by atoms with Crippen molar-refractivity contribution in [1.82, 2.24) is 19.5 Å². The molecule has 0 aliphatic carbocycles. The summed E-state index contributed by atoms with van der Waals surface area (Å²) in [5.74, 6) is -1.20. The van der Waals surface area contributed by atoms with Crippen LogP contribution in [0.2, 0.25) is 0 Å². The number of rotatable bonds is 7. The molecule has 1 amide bonds. The molecule has 1 fully saturated rings. The molecule has 0 spiro atoms. The van der Waals surface area contributed by atoms with E-state index in [1.807, 2.05) is 13.0 Å². The standard InChI is InChI=1S/C25H30F2N8O/c1-15(33(2)24(36)20-9-8-17(14-29-20)34-10-3-4-11-34)6-5-7-21-30-23-18-12-16(26)13-19(27)22(18)31-25(28)35(23)32-21/h8-9,12-15,21,28,30,32H,3-7,10-11H2,1-2H3/t15-,21?/m0/s1. The summed E-state index contributed by atoms with van der Waals surface area (Å²) in [6, 6.07) is 5.73. The van der Waals surface area contributed by atoms with Crippen molar-refractivity contribution in [2.45, 2.75) is 51.2 Å². The number of halogens is 2. The molecule has 9 nitrogen and oxygen atoms in total. The molecule has 1 saturated heterocycles. The third-order valence-corrected chi connectivity index (χ3v) is 7.07. The van der Waals surface area contributed by atoms with Crippen molar-refractivity contribution in [2.75, 3.05) is 35.8 Å². The Morgan fingerprint density at radius 3 is 2.78 bits per heavy atom. The fourth-order valence-electron chi connectivity index (χ4n) is 4.87. The zero-order chi connectivity index (χ0) is 25.4. The zero-order valence-electron chi connectivity index (χ0n) is 20.4. The predicted octanol–water partition coefficient (Wildman–Crippen LogP) is 3.42. The molecule has 190 valence electrons. The van der Waals surface area contributed by atoms with E-state index in [9.17, 15) is 13.6 Å². The maximum atomic E-state index is 14.2. The molecule has 2 aliphatic heterocycles. The van der Waals surface area contributed by atoms with Crippen LogP contribution in [-0.2, 0) is 0 Å². The van der Waals surface area contributed by atoms with E-state index >= 15 is 0 Å². The lowest BCUT2D eigenvalue weighted by atomic mass is 10.1. The second kappa shape index (κ2) is 9.71. The number of nitrogens with zero attached hydrogens (tertiary/aromatic N) is 5. The highest BCUT2D eigenvalue weighted by molar-refractivity contribution is 5.92. The highest BCUT2D eigenvalue weighted by Gasteiger charge is 2.25. The number of hydrogen-bond acceptors (Lipinski definition) is 7. The maximum absolute atomic E-state index is 14.2. The monoisotopic (exact) mass is 496 g/mol. The minimum absolute atomic E-state index is 0.00795. The highest BCUT2D eigenvalue weighted by atomic mass is 19.1. The van der Waals surface area contributed by atoms with E-state index in [-0.39, 0.29) is 34.6 Å². The second-order valence-corrected chi connectivity index (χ2v) is 9.52. The molecule has 1 aromatic carbocycles. The van der Waals surface area contributed by atoms with E-state index in [0.29, 0.717) is 17.9 Å². The first kappa shape index (κ1) is 24.0. The lowest BCUT2D eigenvalue weighted by Crippen LogP contribution is -2.36. The van der Waals surface area contributed by atoms with Crippen molar-refractivity contribution >= 4 is 28.3 Å². The molecule has 0 radical (unpaired) electrons. The molecule has 5 rings (SSSR count). The molecule has 0 saturated carbocycles. The van der Waals surface area contributed by atoms with Crippen LogP contribution < -0.4 is 21.3 Å². The number of aromatic nitrogens is 3. The zero-order valence-corrected chi connectivity index (χ0v) is 20.4. The van der Waals surface area contributed by atoms with Crippen molar-refractivity contribution in [1.29, 1.82) is 5.41 Å². The molecular weight excluding hydrogens is 466 g/mol. The fourth-order valence-corrected chi connectivity index (χ4v) is 4.87. The van der Waals surface area contributed by atoms with Crippen LogP contribution in [0.15, 0.2) is 30.5 Å². The van der Waals surface area contributed by atoms with Crippen LogP contribution >= 0.6 is 0 Å². The molecule has 0 bridgehead atoms. The number of amides is 1. The second-order valence-electron chi connectivity index (χ2n) is 9.52. The van der Waals surface area contributed by atoms with E-state index in [4.69, 9.17) is 5.41 Å². The third kappa shape index (κ3) is 4.57. The van der Waals surface area contributed by atoms with Crippen molar-refractivity contribution < 1.29 is 13.6 Å². The van der Waals surface area contributed by atoms with Crippen molar-refractivity contribution in [3.05, 3.63) is 53.4 Å². The van der Waals surface area contributed by atoms with E-state index in [2.05, 4.69) is 25.6 Å². The SMILES string of the molecule is C[C@@H](CCCC1Nc2c3cc(F)cc(F)c3nc(=N)n2N1)N(C)C(=O)c1ccc(N2CCCC2)cn1. The Morgan fingerprint density at radius 2 is 2.06 bits per heavy atom. The minimum Gasteiger partial charge on any atom is -0.370 e. The van der Waals surface area contributed by atoms with Crippen LogP contribution in [0.5, 0.6) is 0 Å². The van der Waals surface area contributed by atoms with Gasteiger partial charge >= 0.3 is 0 Å². The Morgan fingerprint density at radius 1 is 1.28 bits per heavy atom. The van der Waals surface area contributed by atoms with E-state index < -0.39 is 11.6 Å². The van der Waals surface area contributed by atoms with Gasteiger partial charge in [0.25, 0.3) is 5.91 Å². The topological polar surface area (TPSA) is 102 Å². The van der Waals surface area contributed by atoms with Crippen LogP contribution in [0, 0.1) is 17.0 Å². The molecule has 4 heterocycles. The summed E-state index contributed by atoms with van der Waals surface area (Å²) in [6.07, 6.45) is 6.13. The molecular formula is C25H30F2N8O.